The van der Waals surface area contributed by atoms with E-state index in [2.05, 4.69) is 46.3 Å². The Labute approximate surface area is 236 Å². The molecule has 3 aromatic rings. The predicted octanol–water partition coefficient (Wildman–Crippen LogP) is 1.81. The Balaban J connectivity index is 0.950. The molecule has 13 heteroatoms. The van der Waals surface area contributed by atoms with Crippen LogP contribution in [0.25, 0.3) is 23.0 Å². The van der Waals surface area contributed by atoms with Crippen LogP contribution < -0.4 is 16.0 Å². The summed E-state index contributed by atoms with van der Waals surface area (Å²) in [7, 11) is 0. The topological polar surface area (TPSA) is 165 Å². The number of nitrogens with one attached hydrogen (secondary N) is 3. The molecule has 0 bridgehead atoms. The molecule has 3 unspecified atom stereocenters. The number of nitrogens with zero attached hydrogens (tertiary/aromatic N) is 6. The monoisotopic (exact) mass is 561 g/mol. The zero-order valence-corrected chi connectivity index (χ0v) is 22.8. The van der Waals surface area contributed by atoms with Crippen LogP contribution in [0.2, 0.25) is 0 Å². The van der Waals surface area contributed by atoms with Gasteiger partial charge in [0.05, 0.1) is 0 Å². The molecule has 3 N–H and O–H groups in total. The normalized spacial score (nSPS) is 19.6. The van der Waals surface area contributed by atoms with Crippen LogP contribution in [-0.2, 0) is 9.59 Å². The molecule has 3 atom stereocenters. The van der Waals surface area contributed by atoms with Gasteiger partial charge in [-0.15, -0.1) is 20.4 Å². The molecule has 1 aromatic carbocycles. The molecule has 3 amide bonds. The maximum Gasteiger partial charge on any atom is 0.251 e. The third-order valence-electron chi connectivity index (χ3n) is 6.96. The third kappa shape index (κ3) is 7.14. The maximum atomic E-state index is 12.5. The average molecular weight is 562 g/mol. The van der Waals surface area contributed by atoms with Crippen molar-refractivity contribution in [2.24, 2.45) is 5.92 Å². The molecule has 2 aromatic heterocycles. The lowest BCUT2D eigenvalue weighted by molar-refractivity contribution is -0.121. The average Bonchev–Trinajstić information content (AvgIpc) is 3.54. The van der Waals surface area contributed by atoms with Gasteiger partial charge in [-0.3, -0.25) is 14.4 Å². The molecule has 5 rings (SSSR count). The lowest BCUT2D eigenvalue weighted by atomic mass is 9.97. The molecule has 0 aliphatic carbocycles. The van der Waals surface area contributed by atoms with Gasteiger partial charge in [-0.25, -0.2) is 9.97 Å². The van der Waals surface area contributed by atoms with Crippen LogP contribution in [0, 0.1) is 5.92 Å². The summed E-state index contributed by atoms with van der Waals surface area (Å²) in [5.74, 6) is 2.45. The highest BCUT2D eigenvalue weighted by atomic mass is 32.2. The predicted molar refractivity (Wildman–Crippen MR) is 149 cm³/mol. The van der Waals surface area contributed by atoms with E-state index in [1.165, 1.54) is 0 Å². The quantitative estimate of drug-likeness (QED) is 0.278. The zero-order chi connectivity index (χ0) is 27.7. The molecule has 2 aliphatic rings. The van der Waals surface area contributed by atoms with Crippen molar-refractivity contribution in [3.05, 3.63) is 48.3 Å². The Morgan fingerprint density at radius 3 is 2.40 bits per heavy atom. The summed E-state index contributed by atoms with van der Waals surface area (Å²) in [6.45, 7) is 0.960. The van der Waals surface area contributed by atoms with Gasteiger partial charge < -0.3 is 16.0 Å². The number of carbonyl (C=O) groups excluding carboxylic acids is 3. The fourth-order valence-corrected chi connectivity index (χ4v) is 6.51. The molecular formula is C27H31N9O3S. The summed E-state index contributed by atoms with van der Waals surface area (Å²) < 4.78 is 0. The Morgan fingerprint density at radius 1 is 0.900 bits per heavy atom. The second-order valence-corrected chi connectivity index (χ2v) is 11.1. The van der Waals surface area contributed by atoms with E-state index in [1.54, 1.807) is 42.7 Å². The van der Waals surface area contributed by atoms with Crippen LogP contribution in [0.1, 0.15) is 48.9 Å². The number of benzene rings is 1. The van der Waals surface area contributed by atoms with Gasteiger partial charge in [-0.05, 0) is 49.1 Å². The van der Waals surface area contributed by atoms with E-state index in [4.69, 9.17) is 0 Å². The van der Waals surface area contributed by atoms with Gasteiger partial charge in [0.15, 0.2) is 0 Å². The number of aromatic nitrogens is 6. The van der Waals surface area contributed by atoms with E-state index in [9.17, 15) is 14.4 Å². The van der Waals surface area contributed by atoms with E-state index in [-0.39, 0.29) is 23.5 Å². The fourth-order valence-electron chi connectivity index (χ4n) is 4.86. The second kappa shape index (κ2) is 13.4. The van der Waals surface area contributed by atoms with Gasteiger partial charge in [0.2, 0.25) is 29.3 Å². The van der Waals surface area contributed by atoms with Crippen LogP contribution in [0.4, 0.5) is 0 Å². The first-order valence-electron chi connectivity index (χ1n) is 13.5. The number of hydrogen-bond donors (Lipinski definition) is 3. The van der Waals surface area contributed by atoms with E-state index in [0.29, 0.717) is 72.3 Å². The number of carbonyl (C=O) groups is 3. The Kier molecular flexibility index (Phi) is 9.22. The van der Waals surface area contributed by atoms with E-state index < -0.39 is 0 Å². The van der Waals surface area contributed by atoms with Crippen molar-refractivity contribution in [2.75, 3.05) is 18.8 Å². The van der Waals surface area contributed by atoms with Crippen LogP contribution in [0.3, 0.4) is 0 Å². The maximum absolute atomic E-state index is 12.5. The molecule has 12 nitrogen and oxygen atoms in total. The van der Waals surface area contributed by atoms with Crippen LogP contribution in [0.15, 0.2) is 42.7 Å². The summed E-state index contributed by atoms with van der Waals surface area (Å²) in [5, 5.41) is 25.6. The minimum atomic E-state index is -0.197. The van der Waals surface area contributed by atoms with E-state index in [0.717, 1.165) is 25.0 Å². The van der Waals surface area contributed by atoms with Crippen molar-refractivity contribution >= 4 is 29.5 Å². The van der Waals surface area contributed by atoms with Crippen molar-refractivity contribution in [3.63, 3.8) is 0 Å². The highest BCUT2D eigenvalue weighted by Crippen LogP contribution is 2.39. The second-order valence-electron chi connectivity index (χ2n) is 9.83. The fraction of sp³-hybridized carbons (Fsp3) is 0.444. The Bertz CT molecular complexity index is 1310. The first kappa shape index (κ1) is 27.6. The van der Waals surface area contributed by atoms with Gasteiger partial charge in [0.1, 0.15) is 0 Å². The summed E-state index contributed by atoms with van der Waals surface area (Å²) >= 11 is 1.95. The summed E-state index contributed by atoms with van der Waals surface area (Å²) in [4.78, 5) is 44.3. The number of thioether (sulfide) groups is 1. The molecule has 2 saturated heterocycles. The van der Waals surface area contributed by atoms with Crippen molar-refractivity contribution in [3.8, 4) is 23.0 Å². The Morgan fingerprint density at radius 2 is 1.62 bits per heavy atom. The van der Waals surface area contributed by atoms with Gasteiger partial charge in [0.25, 0.3) is 5.91 Å². The van der Waals surface area contributed by atoms with Crippen molar-refractivity contribution in [1.82, 2.24) is 46.3 Å². The zero-order valence-electron chi connectivity index (χ0n) is 22.0. The first-order chi connectivity index (χ1) is 19.6. The summed E-state index contributed by atoms with van der Waals surface area (Å²) in [5.41, 5.74) is 1.18. The minimum absolute atomic E-state index is 0.0311. The highest BCUT2D eigenvalue weighted by Gasteiger charge is 2.42. The number of unbranched alkanes of at least 4 members (excludes halogenated alkanes) is 1. The lowest BCUT2D eigenvalue weighted by Crippen LogP contribution is -2.34. The van der Waals surface area contributed by atoms with Crippen LogP contribution in [0.5, 0.6) is 0 Å². The molecule has 2 aliphatic heterocycles. The van der Waals surface area contributed by atoms with Crippen LogP contribution >= 0.6 is 11.8 Å². The number of rotatable bonds is 12. The third-order valence-corrected chi connectivity index (χ3v) is 8.54. The Hall–Kier alpha value is -4.00. The molecule has 2 fully saturated rings. The van der Waals surface area contributed by atoms with E-state index in [1.807, 2.05) is 11.8 Å². The van der Waals surface area contributed by atoms with Gasteiger partial charge in [-0.1, -0.05) is 18.6 Å². The largest absolute Gasteiger partial charge is 0.356 e. The van der Waals surface area contributed by atoms with Gasteiger partial charge >= 0.3 is 0 Å². The lowest BCUT2D eigenvalue weighted by Gasteiger charge is -2.17. The molecule has 4 heterocycles. The molecule has 0 spiro atoms. The smallest absolute Gasteiger partial charge is 0.251 e. The van der Waals surface area contributed by atoms with Crippen LogP contribution in [-0.4, -0.2) is 78.2 Å². The van der Waals surface area contributed by atoms with Crippen molar-refractivity contribution in [2.45, 2.75) is 49.8 Å². The van der Waals surface area contributed by atoms with Gasteiger partial charge in [-0.2, -0.15) is 11.8 Å². The number of hydrogen-bond acceptors (Lipinski definition) is 10. The minimum Gasteiger partial charge on any atom is -0.356 e. The molecule has 0 radical (unpaired) electrons. The van der Waals surface area contributed by atoms with Gasteiger partial charge in [0, 0.05) is 60.7 Å². The summed E-state index contributed by atoms with van der Waals surface area (Å²) in [6.07, 6.45) is 7.82. The first-order valence-corrected chi connectivity index (χ1v) is 14.5. The van der Waals surface area contributed by atoms with E-state index >= 15 is 0 Å². The molecule has 208 valence electrons. The SMILES string of the molecule is O=C(CCCCC1SCC2CC(=O)NC21)NCCCNC(=O)c1ccc(-c2nnc(-c3ncccn3)nn2)cc1. The number of amides is 3. The molecule has 0 saturated carbocycles. The highest BCUT2D eigenvalue weighted by molar-refractivity contribution is 8.00. The standard InChI is InChI=1S/C27H31N9O3S/c37-21(6-2-1-5-20-23-19(16-40-20)15-22(38)32-23)28-11-3-14-31-27(39)18-9-7-17(8-10-18)24-33-35-26(36-34-24)25-29-12-4-13-30-25/h4,7-10,12-13,19-20,23H,1-3,5-6,11,14-16H2,(H,28,37)(H,31,39)(H,32,38). The van der Waals surface area contributed by atoms with Crippen molar-refractivity contribution in [1.29, 1.82) is 0 Å². The van der Waals surface area contributed by atoms with Crippen molar-refractivity contribution < 1.29 is 14.4 Å². The number of fused-ring (bicyclic) bond motifs is 1. The molecular weight excluding hydrogens is 530 g/mol. The summed E-state index contributed by atoms with van der Waals surface area (Å²) in [6, 6.07) is 8.86. The molecule has 40 heavy (non-hydrogen) atoms.